The second-order valence-corrected chi connectivity index (χ2v) is 6.40. The minimum Gasteiger partial charge on any atom is -0.474 e. The molecule has 4 nitrogen and oxygen atoms in total. The lowest BCUT2D eigenvalue weighted by Crippen LogP contribution is -2.19. The number of hydrogen-bond donors (Lipinski definition) is 0. The highest BCUT2D eigenvalue weighted by Gasteiger charge is 2.12. The van der Waals surface area contributed by atoms with Gasteiger partial charge in [0.15, 0.2) is 0 Å². The molecule has 0 aliphatic carbocycles. The van der Waals surface area contributed by atoms with Gasteiger partial charge in [0.25, 0.3) is 9.05 Å². The first-order valence-electron chi connectivity index (χ1n) is 4.88. The molecule has 0 bridgehead atoms. The van der Waals surface area contributed by atoms with Gasteiger partial charge in [-0.1, -0.05) is 13.8 Å². The quantitative estimate of drug-likeness (QED) is 0.783. The van der Waals surface area contributed by atoms with Gasteiger partial charge in [0, 0.05) is 16.7 Å². The van der Waals surface area contributed by atoms with Gasteiger partial charge in [-0.2, -0.15) is 0 Å². The van der Waals surface area contributed by atoms with Gasteiger partial charge in [-0.05, 0) is 18.9 Å². The fraction of sp³-hybridized carbons (Fsp3) is 0.500. The zero-order valence-corrected chi connectivity index (χ0v) is 10.9. The Balaban J connectivity index is 2.80. The molecule has 1 aromatic heterocycles. The third-order valence-electron chi connectivity index (χ3n) is 2.24. The summed E-state index contributed by atoms with van der Waals surface area (Å²) < 4.78 is 27.4. The van der Waals surface area contributed by atoms with Crippen molar-refractivity contribution in [3.8, 4) is 5.88 Å². The van der Waals surface area contributed by atoms with Crippen molar-refractivity contribution in [3.63, 3.8) is 0 Å². The average molecular weight is 264 g/mol. The van der Waals surface area contributed by atoms with Crippen LogP contribution in [0.2, 0.25) is 0 Å². The van der Waals surface area contributed by atoms with Gasteiger partial charge in [0.1, 0.15) is 4.90 Å². The van der Waals surface area contributed by atoms with E-state index >= 15 is 0 Å². The maximum Gasteiger partial charge on any atom is 0.262 e. The lowest BCUT2D eigenvalue weighted by Gasteiger charge is -2.16. The fourth-order valence-electron chi connectivity index (χ4n) is 0.907. The lowest BCUT2D eigenvalue weighted by molar-refractivity contribution is 0.163. The molecule has 0 aromatic carbocycles. The number of rotatable bonds is 4. The standard InChI is InChI=1S/C10H14ClNO3S/c1-7(2)8(3)15-10-5-4-9(6-12-10)16(11,13)14/h4-8H,1-3H3. The van der Waals surface area contributed by atoms with E-state index in [4.69, 9.17) is 15.4 Å². The van der Waals surface area contributed by atoms with E-state index in [0.29, 0.717) is 11.8 Å². The van der Waals surface area contributed by atoms with E-state index in [1.54, 1.807) is 0 Å². The highest BCUT2D eigenvalue weighted by molar-refractivity contribution is 8.13. The van der Waals surface area contributed by atoms with Crippen LogP contribution in [0.1, 0.15) is 20.8 Å². The van der Waals surface area contributed by atoms with E-state index in [0.717, 1.165) is 0 Å². The number of hydrogen-bond acceptors (Lipinski definition) is 4. The molecule has 0 aliphatic heterocycles. The summed E-state index contributed by atoms with van der Waals surface area (Å²) in [5.74, 6) is 0.753. The summed E-state index contributed by atoms with van der Waals surface area (Å²) in [6.45, 7) is 5.99. The summed E-state index contributed by atoms with van der Waals surface area (Å²) in [6.07, 6.45) is 1.20. The van der Waals surface area contributed by atoms with Gasteiger partial charge in [-0.25, -0.2) is 13.4 Å². The monoisotopic (exact) mass is 263 g/mol. The molecule has 0 saturated heterocycles. The Morgan fingerprint density at radius 2 is 1.94 bits per heavy atom. The summed E-state index contributed by atoms with van der Waals surface area (Å²) >= 11 is 0. The van der Waals surface area contributed by atoms with Crippen molar-refractivity contribution in [1.82, 2.24) is 4.98 Å². The van der Waals surface area contributed by atoms with E-state index in [9.17, 15) is 8.42 Å². The predicted octanol–water partition coefficient (Wildman–Crippen LogP) is 2.43. The summed E-state index contributed by atoms with van der Waals surface area (Å²) in [5, 5.41) is 0. The van der Waals surface area contributed by atoms with Crippen molar-refractivity contribution in [2.45, 2.75) is 31.8 Å². The molecule has 0 N–H and O–H groups in total. The minimum atomic E-state index is -3.71. The predicted molar refractivity (Wildman–Crippen MR) is 62.2 cm³/mol. The number of halogens is 1. The molecule has 0 saturated carbocycles. The van der Waals surface area contributed by atoms with E-state index in [1.165, 1.54) is 18.3 Å². The zero-order valence-electron chi connectivity index (χ0n) is 9.34. The van der Waals surface area contributed by atoms with Crippen LogP contribution in [0.4, 0.5) is 0 Å². The van der Waals surface area contributed by atoms with Crippen molar-refractivity contribution in [1.29, 1.82) is 0 Å². The highest BCUT2D eigenvalue weighted by Crippen LogP contribution is 2.18. The highest BCUT2D eigenvalue weighted by atomic mass is 35.7. The summed E-state index contributed by atoms with van der Waals surface area (Å²) in [5.41, 5.74) is 0. The van der Waals surface area contributed by atoms with Crippen LogP contribution < -0.4 is 4.74 Å². The molecule has 0 aliphatic rings. The second-order valence-electron chi connectivity index (χ2n) is 3.84. The zero-order chi connectivity index (χ0) is 12.3. The van der Waals surface area contributed by atoms with E-state index in [1.807, 2.05) is 20.8 Å². The number of ether oxygens (including phenoxy) is 1. The topological polar surface area (TPSA) is 56.3 Å². The third kappa shape index (κ3) is 3.64. The van der Waals surface area contributed by atoms with Gasteiger partial charge in [-0.15, -0.1) is 0 Å². The molecule has 16 heavy (non-hydrogen) atoms. The first-order valence-corrected chi connectivity index (χ1v) is 7.19. The molecule has 0 amide bonds. The molecule has 90 valence electrons. The van der Waals surface area contributed by atoms with Crippen LogP contribution in [0, 0.1) is 5.92 Å². The third-order valence-corrected chi connectivity index (χ3v) is 3.58. The van der Waals surface area contributed by atoms with Gasteiger partial charge in [0.2, 0.25) is 5.88 Å². The van der Waals surface area contributed by atoms with Gasteiger partial charge >= 0.3 is 0 Å². The van der Waals surface area contributed by atoms with E-state index in [-0.39, 0.29) is 11.0 Å². The maximum atomic E-state index is 11.0. The molecule has 6 heteroatoms. The van der Waals surface area contributed by atoms with Crippen molar-refractivity contribution < 1.29 is 13.2 Å². The Bertz CT molecular complexity index is 442. The molecule has 1 heterocycles. The Morgan fingerprint density at radius 3 is 2.31 bits per heavy atom. The smallest absolute Gasteiger partial charge is 0.262 e. The van der Waals surface area contributed by atoms with Gasteiger partial charge < -0.3 is 4.74 Å². The van der Waals surface area contributed by atoms with Crippen molar-refractivity contribution in [2.24, 2.45) is 5.92 Å². The Hall–Kier alpha value is -0.810. The average Bonchev–Trinajstić information content (AvgIpc) is 2.17. The van der Waals surface area contributed by atoms with Crippen LogP contribution in [-0.4, -0.2) is 19.5 Å². The van der Waals surface area contributed by atoms with Crippen LogP contribution >= 0.6 is 10.7 Å². The summed E-state index contributed by atoms with van der Waals surface area (Å²) in [6, 6.07) is 2.87. The van der Waals surface area contributed by atoms with Gasteiger partial charge in [-0.3, -0.25) is 0 Å². The second kappa shape index (κ2) is 5.01. The van der Waals surface area contributed by atoms with Crippen LogP contribution in [0.15, 0.2) is 23.2 Å². The van der Waals surface area contributed by atoms with Crippen LogP contribution in [0.3, 0.4) is 0 Å². The van der Waals surface area contributed by atoms with Crippen molar-refractivity contribution in [3.05, 3.63) is 18.3 Å². The normalized spacial score (nSPS) is 13.8. The molecule has 1 rings (SSSR count). The van der Waals surface area contributed by atoms with Crippen molar-refractivity contribution >= 4 is 19.7 Å². The van der Waals surface area contributed by atoms with E-state index in [2.05, 4.69) is 4.98 Å². The lowest BCUT2D eigenvalue weighted by atomic mass is 10.1. The maximum absolute atomic E-state index is 11.0. The molecule has 0 spiro atoms. The Kier molecular flexibility index (Phi) is 4.15. The molecule has 0 radical (unpaired) electrons. The van der Waals surface area contributed by atoms with E-state index < -0.39 is 9.05 Å². The number of pyridine rings is 1. The van der Waals surface area contributed by atoms with Crippen LogP contribution in [0.5, 0.6) is 5.88 Å². The van der Waals surface area contributed by atoms with Crippen LogP contribution in [-0.2, 0) is 9.05 Å². The van der Waals surface area contributed by atoms with Crippen molar-refractivity contribution in [2.75, 3.05) is 0 Å². The molecular formula is C10H14ClNO3S. The molecule has 1 unspecified atom stereocenters. The minimum absolute atomic E-state index is 0.0194. The summed E-state index contributed by atoms with van der Waals surface area (Å²) in [4.78, 5) is 3.85. The number of nitrogens with zero attached hydrogens (tertiary/aromatic N) is 1. The first-order chi connectivity index (χ1) is 7.30. The molecule has 1 aromatic rings. The van der Waals surface area contributed by atoms with Gasteiger partial charge in [0.05, 0.1) is 12.3 Å². The Labute approximate surface area is 100 Å². The SMILES string of the molecule is CC(C)C(C)Oc1ccc(S(=O)(=O)Cl)cn1. The molecule has 0 fully saturated rings. The Morgan fingerprint density at radius 1 is 1.31 bits per heavy atom. The first kappa shape index (κ1) is 13.3. The largest absolute Gasteiger partial charge is 0.474 e. The van der Waals surface area contributed by atoms with Crippen LogP contribution in [0.25, 0.3) is 0 Å². The number of aromatic nitrogens is 1. The summed E-state index contributed by atoms with van der Waals surface area (Å²) in [7, 11) is 1.45. The fourth-order valence-corrected chi connectivity index (χ4v) is 1.59. The molecular weight excluding hydrogens is 250 g/mol. The molecule has 1 atom stereocenters.